The Kier molecular flexibility index (Phi) is 16.7. The van der Waals surface area contributed by atoms with E-state index in [2.05, 4.69) is 64.1 Å². The van der Waals surface area contributed by atoms with Gasteiger partial charge in [-0.2, -0.15) is 46.5 Å². The zero-order valence-electron chi connectivity index (χ0n) is 12.1. The van der Waals surface area contributed by atoms with E-state index >= 15 is 0 Å². The molecule has 0 heterocycles. The molecule has 19 heavy (non-hydrogen) atoms. The second-order valence-electron chi connectivity index (χ2n) is 4.30. The Labute approximate surface area is 149 Å². The van der Waals surface area contributed by atoms with Crippen LogP contribution in [-0.4, -0.2) is 0 Å². The first-order valence-corrected chi connectivity index (χ1v) is 6.10. The standard InChI is InChI=1S/2C8H11.2ClH.Hf/c2*1-3-8-5-4-7(2)6-8;;;/h2*4-6H,3H2,1-2H3;2*1H;/q2*-1;;;+4/p-2. The van der Waals surface area contributed by atoms with Crippen LogP contribution in [0.1, 0.15) is 36.1 Å². The molecular formula is C16H22Cl2Hf. The Morgan fingerprint density at radius 2 is 1.11 bits per heavy atom. The summed E-state index contributed by atoms with van der Waals surface area (Å²) < 4.78 is 0. The maximum absolute atomic E-state index is 2.22. The molecule has 0 aliphatic rings. The molecule has 0 radical (unpaired) electrons. The molecule has 0 bridgehead atoms. The molecule has 0 aliphatic carbocycles. The predicted octanol–water partition coefficient (Wildman–Crippen LogP) is -1.44. The molecule has 104 valence electrons. The summed E-state index contributed by atoms with van der Waals surface area (Å²) in [6.45, 7) is 8.60. The molecule has 0 aromatic heterocycles. The molecule has 0 unspecified atom stereocenters. The van der Waals surface area contributed by atoms with Crippen molar-refractivity contribution in [2.45, 2.75) is 40.5 Å². The van der Waals surface area contributed by atoms with Gasteiger partial charge in [0.25, 0.3) is 0 Å². The topological polar surface area (TPSA) is 0 Å². The fraction of sp³-hybridized carbons (Fsp3) is 0.375. The molecule has 0 saturated carbocycles. The van der Waals surface area contributed by atoms with Gasteiger partial charge < -0.3 is 24.8 Å². The summed E-state index contributed by atoms with van der Waals surface area (Å²) in [5.74, 6) is 0. The Hall–Kier alpha value is 0.150. The molecule has 0 spiro atoms. The van der Waals surface area contributed by atoms with Gasteiger partial charge in [0, 0.05) is 0 Å². The molecule has 2 aromatic carbocycles. The molecule has 3 heteroatoms. The summed E-state index contributed by atoms with van der Waals surface area (Å²) in [4.78, 5) is 0. The third-order valence-corrected chi connectivity index (χ3v) is 2.76. The van der Waals surface area contributed by atoms with Crippen molar-refractivity contribution in [3.63, 3.8) is 0 Å². The van der Waals surface area contributed by atoms with E-state index in [9.17, 15) is 0 Å². The van der Waals surface area contributed by atoms with E-state index < -0.39 is 0 Å². The summed E-state index contributed by atoms with van der Waals surface area (Å²) in [5, 5.41) is 0. The third-order valence-electron chi connectivity index (χ3n) is 2.76. The SMILES string of the molecule is CCc1cc[c-](C)c1.CCc1cc[c-](C)c1.[Cl-].[Cl-].[Hf+4]. The molecule has 0 aliphatic heterocycles. The maximum atomic E-state index is 2.22. The average Bonchev–Trinajstić information content (AvgIpc) is 2.88. The van der Waals surface area contributed by atoms with Crippen LogP contribution >= 0.6 is 0 Å². The minimum Gasteiger partial charge on any atom is -1.00 e. The zero-order chi connectivity index (χ0) is 12.0. The van der Waals surface area contributed by atoms with Crippen LogP contribution in [0.5, 0.6) is 0 Å². The van der Waals surface area contributed by atoms with Crippen LogP contribution in [-0.2, 0) is 38.7 Å². The summed E-state index contributed by atoms with van der Waals surface area (Å²) >= 11 is 0. The Morgan fingerprint density at radius 3 is 1.21 bits per heavy atom. The van der Waals surface area contributed by atoms with Gasteiger partial charge in [0.15, 0.2) is 0 Å². The van der Waals surface area contributed by atoms with Crippen molar-refractivity contribution in [1.82, 2.24) is 0 Å². The van der Waals surface area contributed by atoms with Gasteiger partial charge in [0.05, 0.1) is 0 Å². The van der Waals surface area contributed by atoms with Gasteiger partial charge in [-0.15, -0.1) is 0 Å². The van der Waals surface area contributed by atoms with E-state index in [-0.39, 0.29) is 50.7 Å². The number of halogens is 2. The number of aryl methyl sites for hydroxylation is 4. The van der Waals surface area contributed by atoms with E-state index in [1.807, 2.05) is 0 Å². The van der Waals surface area contributed by atoms with Gasteiger partial charge in [-0.1, -0.05) is 40.5 Å². The predicted molar refractivity (Wildman–Crippen MR) is 72.3 cm³/mol. The second-order valence-corrected chi connectivity index (χ2v) is 4.30. The monoisotopic (exact) mass is 464 g/mol. The van der Waals surface area contributed by atoms with E-state index in [1.54, 1.807) is 0 Å². The second kappa shape index (κ2) is 13.1. The van der Waals surface area contributed by atoms with Gasteiger partial charge in [-0.3, -0.25) is 0 Å². The van der Waals surface area contributed by atoms with Crippen molar-refractivity contribution in [2.75, 3.05) is 0 Å². The number of hydrogen-bond acceptors (Lipinski definition) is 0. The van der Waals surface area contributed by atoms with Gasteiger partial charge >= 0.3 is 25.8 Å². The van der Waals surface area contributed by atoms with Crippen molar-refractivity contribution in [2.24, 2.45) is 0 Å². The first kappa shape index (κ1) is 24.2. The smallest absolute Gasteiger partial charge is 1.00 e. The van der Waals surface area contributed by atoms with E-state index in [4.69, 9.17) is 0 Å². The first-order chi connectivity index (χ1) is 7.65. The van der Waals surface area contributed by atoms with Crippen LogP contribution in [0.25, 0.3) is 0 Å². The van der Waals surface area contributed by atoms with Crippen LogP contribution < -0.4 is 24.8 Å². The fourth-order valence-corrected chi connectivity index (χ4v) is 1.69. The van der Waals surface area contributed by atoms with Gasteiger partial charge in [0.2, 0.25) is 0 Å². The summed E-state index contributed by atoms with van der Waals surface area (Å²) in [5.41, 5.74) is 5.65. The normalized spacial score (nSPS) is 8.21. The molecule has 0 atom stereocenters. The quantitative estimate of drug-likeness (QED) is 0.378. The van der Waals surface area contributed by atoms with Gasteiger partial charge in [-0.25, -0.2) is 12.1 Å². The minimum absolute atomic E-state index is 0. The molecule has 0 saturated heterocycles. The largest absolute Gasteiger partial charge is 4.00 e. The van der Waals surface area contributed by atoms with E-state index in [0.29, 0.717) is 0 Å². The Morgan fingerprint density at radius 1 is 0.789 bits per heavy atom. The molecular weight excluding hydrogens is 442 g/mol. The van der Waals surface area contributed by atoms with Crippen molar-refractivity contribution < 1.29 is 50.7 Å². The van der Waals surface area contributed by atoms with Crippen LogP contribution in [0.2, 0.25) is 0 Å². The summed E-state index contributed by atoms with van der Waals surface area (Å²) in [7, 11) is 0. The third kappa shape index (κ3) is 9.65. The Balaban J connectivity index is -0.000000233. The molecule has 0 nitrogen and oxygen atoms in total. The van der Waals surface area contributed by atoms with E-state index in [1.165, 1.54) is 22.3 Å². The van der Waals surface area contributed by atoms with Gasteiger partial charge in [-0.05, 0) is 0 Å². The zero-order valence-corrected chi connectivity index (χ0v) is 17.2. The first-order valence-electron chi connectivity index (χ1n) is 6.10. The number of hydrogen-bond donors (Lipinski definition) is 0. The van der Waals surface area contributed by atoms with Gasteiger partial charge in [0.1, 0.15) is 0 Å². The molecule has 2 aromatic rings. The Bertz CT molecular complexity index is 376. The summed E-state index contributed by atoms with van der Waals surface area (Å²) in [6, 6.07) is 13.1. The average molecular weight is 464 g/mol. The van der Waals surface area contributed by atoms with Crippen LogP contribution in [0.3, 0.4) is 0 Å². The summed E-state index contributed by atoms with van der Waals surface area (Å²) in [6.07, 6.45) is 2.32. The van der Waals surface area contributed by atoms with Crippen molar-refractivity contribution in [3.05, 3.63) is 58.7 Å². The molecule has 2 rings (SSSR count). The maximum Gasteiger partial charge on any atom is 4.00 e. The van der Waals surface area contributed by atoms with Crippen LogP contribution in [0.4, 0.5) is 0 Å². The van der Waals surface area contributed by atoms with E-state index in [0.717, 1.165) is 12.8 Å². The van der Waals surface area contributed by atoms with Crippen LogP contribution in [0.15, 0.2) is 36.4 Å². The van der Waals surface area contributed by atoms with Crippen molar-refractivity contribution >= 4 is 0 Å². The van der Waals surface area contributed by atoms with Crippen LogP contribution in [0, 0.1) is 13.8 Å². The fourth-order valence-electron chi connectivity index (χ4n) is 1.69. The molecule has 0 fully saturated rings. The molecule has 0 amide bonds. The number of rotatable bonds is 2. The van der Waals surface area contributed by atoms with Crippen molar-refractivity contribution in [1.29, 1.82) is 0 Å². The molecule has 0 N–H and O–H groups in total. The minimum atomic E-state index is 0. The van der Waals surface area contributed by atoms with Crippen molar-refractivity contribution in [3.8, 4) is 0 Å².